The van der Waals surface area contributed by atoms with Crippen LogP contribution in [0.3, 0.4) is 0 Å². The number of carbonyl (C=O) groups excluding carboxylic acids is 1. The fourth-order valence-corrected chi connectivity index (χ4v) is 4.09. The van der Waals surface area contributed by atoms with E-state index in [1.54, 1.807) is 12.5 Å². The molecule has 1 atom stereocenters. The molecule has 1 saturated heterocycles. The molecule has 3 heterocycles. The van der Waals surface area contributed by atoms with Gasteiger partial charge < -0.3 is 9.47 Å². The third kappa shape index (κ3) is 3.22. The summed E-state index contributed by atoms with van der Waals surface area (Å²) in [4.78, 5) is 24.1. The molecule has 1 fully saturated rings. The van der Waals surface area contributed by atoms with Crippen molar-refractivity contribution in [3.8, 4) is 0 Å². The Labute approximate surface area is 160 Å². The first-order chi connectivity index (χ1) is 13.0. The van der Waals surface area contributed by atoms with E-state index in [4.69, 9.17) is 0 Å². The van der Waals surface area contributed by atoms with Crippen LogP contribution in [0.5, 0.6) is 0 Å². The molecule has 1 aliphatic heterocycles. The number of imidazole rings is 1. The van der Waals surface area contributed by atoms with Gasteiger partial charge in [0.25, 0.3) is 5.91 Å². The van der Waals surface area contributed by atoms with Gasteiger partial charge in [-0.15, -0.1) is 0 Å². The smallest absolute Gasteiger partial charge is 0.255 e. The summed E-state index contributed by atoms with van der Waals surface area (Å²) in [7, 11) is 0. The van der Waals surface area contributed by atoms with E-state index in [0.29, 0.717) is 5.56 Å². The zero-order valence-electron chi connectivity index (χ0n) is 16.2. The minimum absolute atomic E-state index is 0.00801. The molecule has 3 aromatic rings. The molecule has 5 nitrogen and oxygen atoms in total. The molecule has 0 N–H and O–H groups in total. The molecule has 5 heteroatoms. The van der Waals surface area contributed by atoms with Crippen LogP contribution < -0.4 is 0 Å². The molecule has 140 valence electrons. The van der Waals surface area contributed by atoms with Gasteiger partial charge in [-0.25, -0.2) is 9.97 Å². The number of fused-ring (bicyclic) bond motifs is 1. The molecular weight excluding hydrogens is 336 g/mol. The Morgan fingerprint density at radius 3 is 2.70 bits per heavy atom. The largest absolute Gasteiger partial charge is 0.338 e. The number of pyridine rings is 1. The number of amides is 1. The molecule has 1 amide bonds. The summed E-state index contributed by atoms with van der Waals surface area (Å²) in [6, 6.07) is 12.7. The van der Waals surface area contributed by atoms with E-state index < -0.39 is 0 Å². The van der Waals surface area contributed by atoms with E-state index in [1.807, 2.05) is 21.6 Å². The van der Waals surface area contributed by atoms with Crippen LogP contribution in [0.4, 0.5) is 0 Å². The van der Waals surface area contributed by atoms with Crippen molar-refractivity contribution in [2.24, 2.45) is 0 Å². The third-order valence-electron chi connectivity index (χ3n) is 5.67. The number of piperidine rings is 1. The third-order valence-corrected chi connectivity index (χ3v) is 5.67. The van der Waals surface area contributed by atoms with Crippen LogP contribution in [0.1, 0.15) is 55.6 Å². The highest BCUT2D eigenvalue weighted by molar-refractivity contribution is 5.96. The van der Waals surface area contributed by atoms with Gasteiger partial charge >= 0.3 is 0 Å². The minimum Gasteiger partial charge on any atom is -0.338 e. The lowest BCUT2D eigenvalue weighted by molar-refractivity contribution is 0.0650. The van der Waals surface area contributed by atoms with Crippen LogP contribution in [-0.2, 0) is 5.41 Å². The molecule has 0 saturated carbocycles. The van der Waals surface area contributed by atoms with Crippen molar-refractivity contribution in [3.05, 3.63) is 60.0 Å². The second-order valence-electron chi connectivity index (χ2n) is 8.07. The zero-order chi connectivity index (χ0) is 19.0. The fraction of sp³-hybridized carbons (Fsp3) is 0.409. The standard InChI is InChI=1S/C22H26N4O/c1-16(2)26-15-24-19-12-17(13-23-20(19)26)21(27)25-11-7-10-22(3,14-25)18-8-5-4-6-9-18/h4-6,8-9,12-13,15-16H,7,10-11,14H2,1-3H3. The number of rotatable bonds is 3. The highest BCUT2D eigenvalue weighted by atomic mass is 16.2. The predicted molar refractivity (Wildman–Crippen MR) is 107 cm³/mol. The lowest BCUT2D eigenvalue weighted by Crippen LogP contribution is -2.47. The van der Waals surface area contributed by atoms with Crippen LogP contribution in [0.25, 0.3) is 11.2 Å². The monoisotopic (exact) mass is 362 g/mol. The highest BCUT2D eigenvalue weighted by Gasteiger charge is 2.35. The van der Waals surface area contributed by atoms with E-state index in [0.717, 1.165) is 37.1 Å². The first-order valence-corrected chi connectivity index (χ1v) is 9.65. The summed E-state index contributed by atoms with van der Waals surface area (Å²) in [5.41, 5.74) is 3.51. The normalized spacial score (nSPS) is 20.4. The Balaban J connectivity index is 1.60. The number of carbonyl (C=O) groups is 1. The van der Waals surface area contributed by atoms with Crippen molar-refractivity contribution < 1.29 is 4.79 Å². The Kier molecular flexibility index (Phi) is 4.46. The van der Waals surface area contributed by atoms with E-state index >= 15 is 0 Å². The Bertz CT molecular complexity index is 963. The fourth-order valence-electron chi connectivity index (χ4n) is 4.09. The van der Waals surface area contributed by atoms with Crippen LogP contribution in [0, 0.1) is 0 Å². The quantitative estimate of drug-likeness (QED) is 0.701. The highest BCUT2D eigenvalue weighted by Crippen LogP contribution is 2.34. The van der Waals surface area contributed by atoms with Gasteiger partial charge in [-0.2, -0.15) is 0 Å². The molecule has 2 aromatic heterocycles. The molecule has 0 spiro atoms. The average Bonchev–Trinajstić information content (AvgIpc) is 3.11. The van der Waals surface area contributed by atoms with Gasteiger partial charge in [0, 0.05) is 30.7 Å². The summed E-state index contributed by atoms with van der Waals surface area (Å²) in [5, 5.41) is 0. The summed E-state index contributed by atoms with van der Waals surface area (Å²) in [6.07, 6.45) is 5.59. The van der Waals surface area contributed by atoms with Crippen LogP contribution >= 0.6 is 0 Å². The van der Waals surface area contributed by atoms with Gasteiger partial charge in [0.2, 0.25) is 0 Å². The Hall–Kier alpha value is -2.69. The first kappa shape index (κ1) is 17.7. The second kappa shape index (κ2) is 6.80. The Morgan fingerprint density at radius 2 is 1.96 bits per heavy atom. The molecule has 4 rings (SSSR count). The molecule has 0 bridgehead atoms. The maximum Gasteiger partial charge on any atom is 0.255 e. The van der Waals surface area contributed by atoms with Crippen LogP contribution in [-0.4, -0.2) is 38.4 Å². The van der Waals surface area contributed by atoms with Crippen molar-refractivity contribution in [2.75, 3.05) is 13.1 Å². The minimum atomic E-state index is -0.00801. The molecule has 0 radical (unpaired) electrons. The average molecular weight is 362 g/mol. The number of aromatic nitrogens is 3. The summed E-state index contributed by atoms with van der Waals surface area (Å²) >= 11 is 0. The lowest BCUT2D eigenvalue weighted by atomic mass is 9.76. The van der Waals surface area contributed by atoms with Crippen molar-refractivity contribution in [1.29, 1.82) is 0 Å². The van der Waals surface area contributed by atoms with Gasteiger partial charge in [-0.05, 0) is 38.3 Å². The van der Waals surface area contributed by atoms with Crippen LogP contribution in [0.2, 0.25) is 0 Å². The first-order valence-electron chi connectivity index (χ1n) is 9.65. The van der Waals surface area contributed by atoms with Crippen molar-refractivity contribution in [2.45, 2.75) is 45.1 Å². The number of nitrogens with zero attached hydrogens (tertiary/aromatic N) is 4. The van der Waals surface area contributed by atoms with Crippen molar-refractivity contribution in [1.82, 2.24) is 19.4 Å². The van der Waals surface area contributed by atoms with E-state index in [9.17, 15) is 4.79 Å². The number of likely N-dealkylation sites (tertiary alicyclic amines) is 1. The number of benzene rings is 1. The predicted octanol–water partition coefficient (Wildman–Crippen LogP) is 4.21. The molecule has 1 aliphatic rings. The van der Waals surface area contributed by atoms with Gasteiger partial charge in [0.15, 0.2) is 5.65 Å². The van der Waals surface area contributed by atoms with Gasteiger partial charge in [-0.3, -0.25) is 4.79 Å². The zero-order valence-corrected chi connectivity index (χ0v) is 16.2. The summed E-state index contributed by atoms with van der Waals surface area (Å²) in [6.45, 7) is 7.97. The maximum absolute atomic E-state index is 13.2. The van der Waals surface area contributed by atoms with E-state index in [2.05, 4.69) is 55.0 Å². The summed E-state index contributed by atoms with van der Waals surface area (Å²) < 4.78 is 2.02. The Morgan fingerprint density at radius 1 is 1.19 bits per heavy atom. The number of hydrogen-bond acceptors (Lipinski definition) is 3. The van der Waals surface area contributed by atoms with Gasteiger partial charge in [0.05, 0.1) is 11.9 Å². The summed E-state index contributed by atoms with van der Waals surface area (Å²) in [5.74, 6) is 0.0466. The van der Waals surface area contributed by atoms with Crippen molar-refractivity contribution >= 4 is 17.1 Å². The van der Waals surface area contributed by atoms with Gasteiger partial charge in [-0.1, -0.05) is 37.3 Å². The van der Waals surface area contributed by atoms with E-state index in [-0.39, 0.29) is 17.4 Å². The molecular formula is C22H26N4O. The number of hydrogen-bond donors (Lipinski definition) is 0. The van der Waals surface area contributed by atoms with Crippen LogP contribution in [0.15, 0.2) is 48.9 Å². The topological polar surface area (TPSA) is 51.0 Å². The lowest BCUT2D eigenvalue weighted by Gasteiger charge is -2.41. The molecule has 0 aliphatic carbocycles. The molecule has 1 unspecified atom stereocenters. The molecule has 1 aromatic carbocycles. The second-order valence-corrected chi connectivity index (χ2v) is 8.07. The maximum atomic E-state index is 13.2. The van der Waals surface area contributed by atoms with E-state index in [1.165, 1.54) is 5.56 Å². The SMILES string of the molecule is CC(C)n1cnc2cc(C(=O)N3CCCC(C)(c4ccccc4)C3)cnc21. The van der Waals surface area contributed by atoms with Crippen molar-refractivity contribution in [3.63, 3.8) is 0 Å². The molecule has 27 heavy (non-hydrogen) atoms. The van der Waals surface area contributed by atoms with Gasteiger partial charge in [0.1, 0.15) is 5.52 Å².